The van der Waals surface area contributed by atoms with Crippen molar-refractivity contribution in [1.82, 2.24) is 4.57 Å². The Morgan fingerprint density at radius 1 is 1.28 bits per heavy atom. The predicted molar refractivity (Wildman–Crippen MR) is 86.0 cm³/mol. The van der Waals surface area contributed by atoms with E-state index in [4.69, 9.17) is 10.5 Å². The fraction of sp³-hybridized carbons (Fsp3) is 0.0588. The fourth-order valence-corrected chi connectivity index (χ4v) is 2.67. The third kappa shape index (κ3) is 2.54. The predicted octanol–water partition coefficient (Wildman–Crippen LogP) is 2.98. The second-order valence-corrected chi connectivity index (χ2v) is 5.06. The average molecular weight is 343 g/mol. The van der Waals surface area contributed by atoms with E-state index in [1.807, 2.05) is 0 Å². The van der Waals surface area contributed by atoms with Crippen LogP contribution in [0.3, 0.4) is 0 Å². The van der Waals surface area contributed by atoms with Gasteiger partial charge in [-0.3, -0.25) is 9.36 Å². The average Bonchev–Trinajstić information content (AvgIpc) is 2.87. The number of nitrogens with zero attached hydrogens (tertiary/aromatic N) is 2. The highest BCUT2D eigenvalue weighted by Crippen LogP contribution is 2.38. The van der Waals surface area contributed by atoms with Crippen LogP contribution in [0.1, 0.15) is 10.4 Å². The number of nitrogens with two attached hydrogens (primary N) is 1. The minimum Gasteiger partial charge on any atom is -0.497 e. The van der Waals surface area contributed by atoms with E-state index in [0.29, 0.717) is 0 Å². The lowest BCUT2D eigenvalue weighted by atomic mass is 10.1. The molecule has 0 unspecified atom stereocenters. The maximum Gasteiger partial charge on any atom is 0.250 e. The Balaban J connectivity index is 2.51. The molecular weight excluding hydrogens is 332 g/mol. The van der Waals surface area contributed by atoms with Gasteiger partial charge in [0.25, 0.3) is 5.91 Å². The van der Waals surface area contributed by atoms with E-state index in [1.54, 1.807) is 12.1 Å². The van der Waals surface area contributed by atoms with E-state index in [2.05, 4.69) is 4.99 Å². The van der Waals surface area contributed by atoms with Crippen molar-refractivity contribution < 1.29 is 23.1 Å². The maximum atomic E-state index is 15.0. The van der Waals surface area contributed by atoms with Crippen molar-refractivity contribution in [3.63, 3.8) is 0 Å². The first-order chi connectivity index (χ1) is 12.0. The summed E-state index contributed by atoms with van der Waals surface area (Å²) in [6.45, 7) is 0. The van der Waals surface area contributed by atoms with E-state index < -0.39 is 23.4 Å². The monoisotopic (exact) mass is 343 g/mol. The largest absolute Gasteiger partial charge is 0.497 e. The SMILES string of the molecule is COc1cc(F)c2c(N=C=O)c(F)n(-c3ccccc3C(N)=O)c2c1. The number of ether oxygens (including phenoxy) is 1. The lowest BCUT2D eigenvalue weighted by Gasteiger charge is -2.11. The number of hydrogen-bond acceptors (Lipinski definition) is 4. The summed E-state index contributed by atoms with van der Waals surface area (Å²) < 4.78 is 35.4. The van der Waals surface area contributed by atoms with Crippen LogP contribution in [0.25, 0.3) is 16.6 Å². The number of hydrogen-bond donors (Lipinski definition) is 1. The first-order valence-electron chi connectivity index (χ1n) is 7.04. The molecule has 0 atom stereocenters. The minimum atomic E-state index is -1.03. The number of amides is 1. The number of isocyanates is 1. The molecule has 0 saturated carbocycles. The maximum absolute atomic E-state index is 15.0. The lowest BCUT2D eigenvalue weighted by Crippen LogP contribution is -2.15. The molecule has 6 nitrogen and oxygen atoms in total. The van der Waals surface area contributed by atoms with Crippen LogP contribution in [0.5, 0.6) is 5.75 Å². The molecule has 0 spiro atoms. The second-order valence-electron chi connectivity index (χ2n) is 5.06. The van der Waals surface area contributed by atoms with Crippen molar-refractivity contribution in [3.8, 4) is 11.4 Å². The van der Waals surface area contributed by atoms with Crippen LogP contribution in [0.2, 0.25) is 0 Å². The molecule has 1 heterocycles. The van der Waals surface area contributed by atoms with Gasteiger partial charge in [-0.25, -0.2) is 9.18 Å². The minimum absolute atomic E-state index is 0.0168. The Bertz CT molecular complexity index is 1050. The molecule has 0 radical (unpaired) electrons. The lowest BCUT2D eigenvalue weighted by molar-refractivity contribution is 0.100. The van der Waals surface area contributed by atoms with E-state index in [-0.39, 0.29) is 27.9 Å². The number of carbonyl (C=O) groups is 1. The number of aromatic nitrogens is 1. The third-order valence-electron chi connectivity index (χ3n) is 3.72. The number of benzene rings is 2. The molecule has 3 rings (SSSR count). The number of halogens is 2. The molecule has 0 saturated heterocycles. The summed E-state index contributed by atoms with van der Waals surface area (Å²) in [5.74, 6) is -2.53. The summed E-state index contributed by atoms with van der Waals surface area (Å²) in [6.07, 6.45) is 1.21. The zero-order valence-electron chi connectivity index (χ0n) is 12.9. The molecule has 3 aromatic rings. The van der Waals surface area contributed by atoms with Crippen molar-refractivity contribution in [2.24, 2.45) is 10.7 Å². The van der Waals surface area contributed by atoms with Crippen LogP contribution in [0, 0.1) is 11.8 Å². The summed E-state index contributed by atoms with van der Waals surface area (Å²) in [5.41, 5.74) is 4.94. The van der Waals surface area contributed by atoms with Gasteiger partial charge in [-0.2, -0.15) is 9.38 Å². The van der Waals surface area contributed by atoms with E-state index in [9.17, 15) is 18.4 Å². The Hall–Kier alpha value is -3.51. The smallest absolute Gasteiger partial charge is 0.250 e. The molecular formula is C17H11F2N3O3. The molecule has 0 bridgehead atoms. The molecule has 1 amide bonds. The summed E-state index contributed by atoms with van der Waals surface area (Å²) in [5, 5.41) is -0.235. The first kappa shape index (κ1) is 16.4. The Labute approximate surface area is 140 Å². The van der Waals surface area contributed by atoms with Crippen LogP contribution in [0.15, 0.2) is 41.4 Å². The summed E-state index contributed by atoms with van der Waals surface area (Å²) >= 11 is 0. The van der Waals surface area contributed by atoms with Crippen molar-refractivity contribution in [3.05, 3.63) is 53.7 Å². The standard InChI is InChI=1S/C17H11F2N3O3/c1-25-9-6-11(18)14-13(7-9)22(16(19)15(14)21-8-23)12-5-3-2-4-10(12)17(20)24/h2-7H,1H3,(H2,20,24). The van der Waals surface area contributed by atoms with Crippen LogP contribution >= 0.6 is 0 Å². The Morgan fingerprint density at radius 3 is 2.64 bits per heavy atom. The van der Waals surface area contributed by atoms with Crippen LogP contribution in [-0.2, 0) is 4.79 Å². The van der Waals surface area contributed by atoms with Crippen LogP contribution in [0.4, 0.5) is 14.5 Å². The molecule has 2 N–H and O–H groups in total. The topological polar surface area (TPSA) is 86.7 Å². The van der Waals surface area contributed by atoms with Gasteiger partial charge in [0, 0.05) is 12.1 Å². The molecule has 0 aliphatic rings. The highest BCUT2D eigenvalue weighted by atomic mass is 19.1. The number of rotatable bonds is 4. The summed E-state index contributed by atoms with van der Waals surface area (Å²) in [7, 11) is 1.33. The summed E-state index contributed by atoms with van der Waals surface area (Å²) in [4.78, 5) is 25.6. The van der Waals surface area contributed by atoms with Gasteiger partial charge in [-0.05, 0) is 12.1 Å². The number of fused-ring (bicyclic) bond motifs is 1. The Kier molecular flexibility index (Phi) is 4.04. The van der Waals surface area contributed by atoms with Crippen molar-refractivity contribution >= 4 is 28.6 Å². The number of aliphatic imine (C=N–C) groups is 1. The molecule has 0 aliphatic carbocycles. The first-order valence-corrected chi connectivity index (χ1v) is 7.04. The van der Waals surface area contributed by atoms with Gasteiger partial charge in [0.15, 0.2) is 0 Å². The van der Waals surface area contributed by atoms with Gasteiger partial charge >= 0.3 is 0 Å². The quantitative estimate of drug-likeness (QED) is 0.583. The number of para-hydroxylation sites is 1. The molecule has 0 fully saturated rings. The second kappa shape index (κ2) is 6.18. The number of carbonyl (C=O) groups excluding carboxylic acids is 2. The normalized spacial score (nSPS) is 10.5. The number of methoxy groups -OCH3 is 1. The molecule has 1 aromatic heterocycles. The van der Waals surface area contributed by atoms with Crippen molar-refractivity contribution in [2.75, 3.05) is 7.11 Å². The zero-order valence-corrected chi connectivity index (χ0v) is 12.9. The van der Waals surface area contributed by atoms with Gasteiger partial charge in [-0.1, -0.05) is 12.1 Å². The molecule has 0 aliphatic heterocycles. The molecule has 2 aromatic carbocycles. The van der Waals surface area contributed by atoms with Crippen LogP contribution in [-0.4, -0.2) is 23.7 Å². The van der Waals surface area contributed by atoms with Gasteiger partial charge in [0.2, 0.25) is 12.0 Å². The van der Waals surface area contributed by atoms with Crippen molar-refractivity contribution in [2.45, 2.75) is 0 Å². The van der Waals surface area contributed by atoms with E-state index >= 15 is 0 Å². The van der Waals surface area contributed by atoms with Gasteiger partial charge in [0.05, 0.1) is 29.3 Å². The zero-order chi connectivity index (χ0) is 18.1. The van der Waals surface area contributed by atoms with Gasteiger partial charge in [-0.15, -0.1) is 0 Å². The van der Waals surface area contributed by atoms with E-state index in [1.165, 1.54) is 31.4 Å². The van der Waals surface area contributed by atoms with Crippen molar-refractivity contribution in [1.29, 1.82) is 0 Å². The summed E-state index contributed by atoms with van der Waals surface area (Å²) in [6, 6.07) is 8.36. The molecule has 8 heteroatoms. The van der Waals surface area contributed by atoms with E-state index in [0.717, 1.165) is 10.6 Å². The fourth-order valence-electron chi connectivity index (χ4n) is 2.67. The Morgan fingerprint density at radius 2 is 2.00 bits per heavy atom. The highest BCUT2D eigenvalue weighted by Gasteiger charge is 2.24. The molecule has 25 heavy (non-hydrogen) atoms. The van der Waals surface area contributed by atoms with Gasteiger partial charge < -0.3 is 10.5 Å². The number of primary amides is 1. The van der Waals surface area contributed by atoms with Crippen LogP contribution < -0.4 is 10.5 Å². The molecule has 126 valence electrons. The highest BCUT2D eigenvalue weighted by molar-refractivity contribution is 6.00. The third-order valence-corrected chi connectivity index (χ3v) is 3.72. The van der Waals surface area contributed by atoms with Gasteiger partial charge in [0.1, 0.15) is 17.3 Å².